The van der Waals surface area contributed by atoms with Crippen LogP contribution in [-0.2, 0) is 0 Å². The highest BCUT2D eigenvalue weighted by molar-refractivity contribution is 6.02. The zero-order valence-corrected chi connectivity index (χ0v) is 9.80. The number of aromatic amines is 1. The maximum Gasteiger partial charge on any atom is 0.354 e. The van der Waals surface area contributed by atoms with E-state index >= 15 is 0 Å². The average molecular weight is 237 g/mol. The average Bonchev–Trinajstić information content (AvgIpc) is 3.02. The fourth-order valence-corrected chi connectivity index (χ4v) is 1.87. The van der Waals surface area contributed by atoms with E-state index in [4.69, 9.17) is 5.11 Å². The summed E-state index contributed by atoms with van der Waals surface area (Å²) < 4.78 is 0. The largest absolute Gasteiger partial charge is 0.477 e. The highest BCUT2D eigenvalue weighted by Gasteiger charge is 2.34. The summed E-state index contributed by atoms with van der Waals surface area (Å²) in [6.45, 7) is 1.97. The summed E-state index contributed by atoms with van der Waals surface area (Å²) in [5.41, 5.74) is -0.169. The van der Waals surface area contributed by atoms with Crippen molar-refractivity contribution in [1.82, 2.24) is 14.9 Å². The van der Waals surface area contributed by atoms with Gasteiger partial charge in [0, 0.05) is 13.1 Å². The molecule has 92 valence electrons. The molecule has 0 aromatic carbocycles. The summed E-state index contributed by atoms with van der Waals surface area (Å²) in [5, 5.41) is 8.90. The van der Waals surface area contributed by atoms with Crippen molar-refractivity contribution in [2.24, 2.45) is 5.92 Å². The zero-order valence-electron chi connectivity index (χ0n) is 9.80. The Hall–Kier alpha value is -1.85. The number of hydrogen-bond acceptors (Lipinski definition) is 3. The number of aromatic nitrogens is 2. The Morgan fingerprint density at radius 3 is 2.76 bits per heavy atom. The Balaban J connectivity index is 2.18. The monoisotopic (exact) mass is 237 g/mol. The summed E-state index contributed by atoms with van der Waals surface area (Å²) >= 11 is 0. The van der Waals surface area contributed by atoms with Gasteiger partial charge in [-0.3, -0.25) is 4.79 Å². The molecule has 0 aliphatic heterocycles. The van der Waals surface area contributed by atoms with E-state index in [1.54, 1.807) is 11.9 Å². The second-order valence-electron chi connectivity index (χ2n) is 4.43. The zero-order chi connectivity index (χ0) is 12.6. The molecular formula is C11H15N3O3. The number of imidazole rings is 1. The third-order valence-corrected chi connectivity index (χ3v) is 3.29. The molecule has 1 aliphatic rings. The van der Waals surface area contributed by atoms with Gasteiger partial charge in [0.1, 0.15) is 0 Å². The number of rotatable bonds is 4. The lowest BCUT2D eigenvalue weighted by molar-refractivity contribution is 0.0660. The smallest absolute Gasteiger partial charge is 0.354 e. The van der Waals surface area contributed by atoms with Crippen LogP contribution in [0.1, 0.15) is 40.7 Å². The standard InChI is InChI=1S/C11H15N3O3/c1-6(7-3-4-7)14(2)10(15)8-9(11(16)17)13-5-12-8/h5-7H,3-4H2,1-2H3,(H,12,13)(H,16,17). The summed E-state index contributed by atoms with van der Waals surface area (Å²) in [6, 6.07) is 0.126. The van der Waals surface area contributed by atoms with E-state index < -0.39 is 5.97 Å². The molecule has 2 N–H and O–H groups in total. The first-order chi connectivity index (χ1) is 8.02. The predicted molar refractivity (Wildman–Crippen MR) is 59.8 cm³/mol. The molecule has 0 saturated heterocycles. The van der Waals surface area contributed by atoms with Gasteiger partial charge in [0.15, 0.2) is 11.4 Å². The second kappa shape index (κ2) is 4.20. The van der Waals surface area contributed by atoms with Crippen LogP contribution in [0.3, 0.4) is 0 Å². The first-order valence-corrected chi connectivity index (χ1v) is 5.56. The van der Waals surface area contributed by atoms with Gasteiger partial charge >= 0.3 is 5.97 Å². The predicted octanol–water partition coefficient (Wildman–Crippen LogP) is 0.978. The Morgan fingerprint density at radius 1 is 1.59 bits per heavy atom. The van der Waals surface area contributed by atoms with Crippen LogP contribution in [0.5, 0.6) is 0 Å². The van der Waals surface area contributed by atoms with Crippen molar-refractivity contribution in [3.05, 3.63) is 17.7 Å². The van der Waals surface area contributed by atoms with Crippen LogP contribution in [-0.4, -0.2) is 44.9 Å². The molecule has 0 bridgehead atoms. The molecule has 1 amide bonds. The van der Waals surface area contributed by atoms with Crippen LogP contribution in [0.25, 0.3) is 0 Å². The number of carbonyl (C=O) groups excluding carboxylic acids is 1. The van der Waals surface area contributed by atoms with Crippen LogP contribution in [0.15, 0.2) is 6.33 Å². The Morgan fingerprint density at radius 2 is 2.24 bits per heavy atom. The number of H-pyrrole nitrogens is 1. The molecule has 6 heteroatoms. The van der Waals surface area contributed by atoms with Gasteiger partial charge in [-0.25, -0.2) is 9.78 Å². The molecule has 1 aliphatic carbocycles. The van der Waals surface area contributed by atoms with Gasteiger partial charge in [-0.05, 0) is 25.7 Å². The van der Waals surface area contributed by atoms with E-state index in [0.29, 0.717) is 5.92 Å². The van der Waals surface area contributed by atoms with Gasteiger partial charge in [0.2, 0.25) is 0 Å². The third kappa shape index (κ3) is 2.15. The lowest BCUT2D eigenvalue weighted by atomic mass is 10.1. The van der Waals surface area contributed by atoms with Gasteiger partial charge in [0.25, 0.3) is 5.91 Å². The molecule has 6 nitrogen and oxygen atoms in total. The van der Waals surface area contributed by atoms with Crippen LogP contribution < -0.4 is 0 Å². The van der Waals surface area contributed by atoms with Crippen molar-refractivity contribution in [2.45, 2.75) is 25.8 Å². The number of nitrogens with zero attached hydrogens (tertiary/aromatic N) is 2. The Bertz CT molecular complexity index is 451. The lowest BCUT2D eigenvalue weighted by Crippen LogP contribution is -2.37. The van der Waals surface area contributed by atoms with E-state index in [0.717, 1.165) is 12.8 Å². The maximum atomic E-state index is 12.1. The van der Waals surface area contributed by atoms with Gasteiger partial charge in [-0.2, -0.15) is 0 Å². The van der Waals surface area contributed by atoms with E-state index in [9.17, 15) is 9.59 Å². The quantitative estimate of drug-likeness (QED) is 0.817. The maximum absolute atomic E-state index is 12.1. The molecule has 0 spiro atoms. The van der Waals surface area contributed by atoms with E-state index in [1.165, 1.54) is 6.33 Å². The minimum absolute atomic E-state index is 0.0208. The van der Waals surface area contributed by atoms with Crippen molar-refractivity contribution < 1.29 is 14.7 Å². The van der Waals surface area contributed by atoms with E-state index in [2.05, 4.69) is 9.97 Å². The van der Waals surface area contributed by atoms with Crippen molar-refractivity contribution in [1.29, 1.82) is 0 Å². The molecule has 1 atom stereocenters. The minimum atomic E-state index is -1.17. The van der Waals surface area contributed by atoms with E-state index in [1.807, 2.05) is 6.92 Å². The van der Waals surface area contributed by atoms with Gasteiger partial charge in [-0.1, -0.05) is 0 Å². The highest BCUT2D eigenvalue weighted by atomic mass is 16.4. The number of carboxylic acid groups (broad SMARTS) is 1. The summed E-state index contributed by atoms with van der Waals surface area (Å²) in [4.78, 5) is 30.8. The molecule has 2 rings (SSSR count). The lowest BCUT2D eigenvalue weighted by Gasteiger charge is -2.24. The van der Waals surface area contributed by atoms with Crippen molar-refractivity contribution in [2.75, 3.05) is 7.05 Å². The normalized spacial score (nSPS) is 16.6. The summed E-state index contributed by atoms with van der Waals surface area (Å²) in [7, 11) is 1.69. The number of carbonyl (C=O) groups is 2. The Kier molecular flexibility index (Phi) is 2.87. The topological polar surface area (TPSA) is 86.3 Å². The van der Waals surface area contributed by atoms with Gasteiger partial charge in [-0.15, -0.1) is 0 Å². The van der Waals surface area contributed by atoms with Crippen LogP contribution >= 0.6 is 0 Å². The van der Waals surface area contributed by atoms with Crippen molar-refractivity contribution in [3.63, 3.8) is 0 Å². The number of aromatic carboxylic acids is 1. The van der Waals surface area contributed by atoms with Crippen LogP contribution in [0.2, 0.25) is 0 Å². The van der Waals surface area contributed by atoms with E-state index in [-0.39, 0.29) is 23.3 Å². The molecule has 1 unspecified atom stereocenters. The van der Waals surface area contributed by atoms with Gasteiger partial charge < -0.3 is 15.0 Å². The fourth-order valence-electron chi connectivity index (χ4n) is 1.87. The highest BCUT2D eigenvalue weighted by Crippen LogP contribution is 2.35. The van der Waals surface area contributed by atoms with Crippen LogP contribution in [0, 0.1) is 5.92 Å². The fraction of sp³-hybridized carbons (Fsp3) is 0.545. The molecule has 1 saturated carbocycles. The minimum Gasteiger partial charge on any atom is -0.477 e. The molecule has 1 fully saturated rings. The van der Waals surface area contributed by atoms with Crippen molar-refractivity contribution >= 4 is 11.9 Å². The first-order valence-electron chi connectivity index (χ1n) is 5.56. The molecule has 17 heavy (non-hydrogen) atoms. The van der Waals surface area contributed by atoms with Crippen molar-refractivity contribution in [3.8, 4) is 0 Å². The first kappa shape index (κ1) is 11.6. The third-order valence-electron chi connectivity index (χ3n) is 3.29. The number of nitrogens with one attached hydrogen (secondary N) is 1. The summed E-state index contributed by atoms with van der Waals surface area (Å²) in [5.74, 6) is -0.974. The molecule has 1 heterocycles. The summed E-state index contributed by atoms with van der Waals surface area (Å²) in [6.07, 6.45) is 3.49. The molecular weight excluding hydrogens is 222 g/mol. The SMILES string of the molecule is CC(C1CC1)N(C)C(=O)c1nc[nH]c1C(=O)O. The van der Waals surface area contributed by atoms with Gasteiger partial charge in [0.05, 0.1) is 6.33 Å². The number of carboxylic acids is 1. The Labute approximate surface area is 98.7 Å². The molecule has 1 aromatic heterocycles. The molecule has 1 aromatic rings. The van der Waals surface area contributed by atoms with Crippen LogP contribution in [0.4, 0.5) is 0 Å². The second-order valence-corrected chi connectivity index (χ2v) is 4.43. The number of hydrogen-bond donors (Lipinski definition) is 2. The number of amides is 1. The molecule has 0 radical (unpaired) electrons.